The van der Waals surface area contributed by atoms with Crippen molar-refractivity contribution in [2.75, 3.05) is 0 Å². The van der Waals surface area contributed by atoms with Crippen molar-refractivity contribution < 1.29 is 19.8 Å². The van der Waals surface area contributed by atoms with Crippen LogP contribution in [0, 0.1) is 5.41 Å². The first kappa shape index (κ1) is 16.6. The molecule has 132 valence electrons. The van der Waals surface area contributed by atoms with E-state index in [1.165, 1.54) is 24.3 Å². The van der Waals surface area contributed by atoms with Crippen molar-refractivity contribution in [1.29, 1.82) is 0 Å². The van der Waals surface area contributed by atoms with Crippen LogP contribution in [-0.2, 0) is 15.0 Å². The van der Waals surface area contributed by atoms with E-state index in [0.717, 1.165) is 11.1 Å². The summed E-state index contributed by atoms with van der Waals surface area (Å²) in [7, 11) is 0. The zero-order valence-electron chi connectivity index (χ0n) is 14.7. The Kier molecular flexibility index (Phi) is 3.23. The highest BCUT2D eigenvalue weighted by atomic mass is 16.3. The molecule has 3 unspecified atom stereocenters. The number of phenols is 2. The molecule has 3 aliphatic rings. The van der Waals surface area contributed by atoms with Crippen LogP contribution in [0.25, 0.3) is 0 Å². The Balaban J connectivity index is 2.19. The Hall–Kier alpha value is -2.88. The van der Waals surface area contributed by atoms with Gasteiger partial charge in [-0.2, -0.15) is 0 Å². The molecule has 0 aromatic heterocycles. The van der Waals surface area contributed by atoms with Gasteiger partial charge >= 0.3 is 0 Å². The lowest BCUT2D eigenvalue weighted by Gasteiger charge is -2.48. The molecule has 0 amide bonds. The highest BCUT2D eigenvalue weighted by molar-refractivity contribution is 6.18. The van der Waals surface area contributed by atoms with E-state index < -0.39 is 16.7 Å². The van der Waals surface area contributed by atoms with Crippen LogP contribution >= 0.6 is 0 Å². The third kappa shape index (κ3) is 1.69. The number of aromatic hydroxyl groups is 2. The molecule has 3 aliphatic carbocycles. The molecule has 4 heteroatoms. The second-order valence-corrected chi connectivity index (χ2v) is 7.58. The summed E-state index contributed by atoms with van der Waals surface area (Å²) in [6.45, 7) is 7.60. The molecule has 2 bridgehead atoms. The van der Waals surface area contributed by atoms with Gasteiger partial charge in [0.05, 0.1) is 10.8 Å². The zero-order chi connectivity index (χ0) is 18.9. The number of allylic oxidation sites excluding steroid dienone is 7. The lowest BCUT2D eigenvalue weighted by molar-refractivity contribution is -0.136. The van der Waals surface area contributed by atoms with Gasteiger partial charge in [0.2, 0.25) is 0 Å². The smallest absolute Gasteiger partial charge is 0.168 e. The third-order valence-electron chi connectivity index (χ3n) is 5.98. The van der Waals surface area contributed by atoms with Crippen molar-refractivity contribution in [3.63, 3.8) is 0 Å². The van der Waals surface area contributed by atoms with Crippen LogP contribution in [-0.4, -0.2) is 21.8 Å². The minimum absolute atomic E-state index is 0.00812. The predicted octanol–water partition coefficient (Wildman–Crippen LogP) is 3.61. The van der Waals surface area contributed by atoms with Crippen LogP contribution < -0.4 is 0 Å². The second-order valence-electron chi connectivity index (χ2n) is 7.58. The van der Waals surface area contributed by atoms with Crippen LogP contribution in [0.15, 0.2) is 60.2 Å². The van der Waals surface area contributed by atoms with E-state index >= 15 is 0 Å². The van der Waals surface area contributed by atoms with Crippen LogP contribution in [0.2, 0.25) is 0 Å². The van der Waals surface area contributed by atoms with Crippen molar-refractivity contribution in [1.82, 2.24) is 0 Å². The lowest BCUT2D eigenvalue weighted by Crippen LogP contribution is -2.56. The number of ketones is 2. The Morgan fingerprint density at radius 3 is 2.54 bits per heavy atom. The molecule has 26 heavy (non-hydrogen) atoms. The van der Waals surface area contributed by atoms with E-state index in [4.69, 9.17) is 0 Å². The van der Waals surface area contributed by atoms with Crippen LogP contribution in [0.3, 0.4) is 0 Å². The first-order valence-electron chi connectivity index (χ1n) is 8.60. The highest BCUT2D eigenvalue weighted by Gasteiger charge is 2.71. The topological polar surface area (TPSA) is 74.6 Å². The third-order valence-corrected chi connectivity index (χ3v) is 5.98. The van der Waals surface area contributed by atoms with Gasteiger partial charge in [-0.3, -0.25) is 9.59 Å². The molecular weight excluding hydrogens is 328 g/mol. The van der Waals surface area contributed by atoms with E-state index in [-0.39, 0.29) is 23.1 Å². The molecule has 1 aromatic carbocycles. The predicted molar refractivity (Wildman–Crippen MR) is 98.1 cm³/mol. The Labute approximate surface area is 151 Å². The average Bonchev–Trinajstić information content (AvgIpc) is 2.73. The second kappa shape index (κ2) is 5.07. The molecule has 0 aliphatic heterocycles. The molecule has 3 atom stereocenters. The summed E-state index contributed by atoms with van der Waals surface area (Å²) < 4.78 is 0. The minimum Gasteiger partial charge on any atom is -0.508 e. The van der Waals surface area contributed by atoms with Crippen LogP contribution in [0.4, 0.5) is 0 Å². The molecule has 0 fully saturated rings. The Morgan fingerprint density at radius 2 is 1.85 bits per heavy atom. The van der Waals surface area contributed by atoms with Gasteiger partial charge in [0.1, 0.15) is 11.5 Å². The van der Waals surface area contributed by atoms with Gasteiger partial charge in [-0.1, -0.05) is 36.0 Å². The van der Waals surface area contributed by atoms with Gasteiger partial charge in [0.15, 0.2) is 11.6 Å². The van der Waals surface area contributed by atoms with Gasteiger partial charge in [0, 0.05) is 17.0 Å². The summed E-state index contributed by atoms with van der Waals surface area (Å²) in [6.07, 6.45) is 8.40. The molecule has 0 heterocycles. The number of benzene rings is 1. The minimum atomic E-state index is -1.24. The molecular formula is C22H20O4. The summed E-state index contributed by atoms with van der Waals surface area (Å²) in [4.78, 5) is 26.5. The largest absolute Gasteiger partial charge is 0.508 e. The SMILES string of the molecule is C=C(C)C=CC12C(=O)C=CC(=O)C13CC(C)=CC2c1c(O)ccc(O)c13. The number of rotatable bonds is 2. The summed E-state index contributed by atoms with van der Waals surface area (Å²) in [5, 5.41) is 21.2. The normalized spacial score (nSPS) is 31.8. The number of carbonyl (C=O) groups is 2. The number of phenolic OH excluding ortho intramolecular Hbond substituents is 2. The summed E-state index contributed by atoms with van der Waals surface area (Å²) in [5.41, 5.74) is 0.124. The van der Waals surface area contributed by atoms with Gasteiger partial charge in [-0.25, -0.2) is 0 Å². The first-order chi connectivity index (χ1) is 12.3. The summed E-state index contributed by atoms with van der Waals surface area (Å²) >= 11 is 0. The van der Waals surface area contributed by atoms with Crippen LogP contribution in [0.1, 0.15) is 37.3 Å². The fraction of sp³-hybridized carbons (Fsp3) is 0.273. The standard InChI is InChI=1S/C22H20O4/c1-12(2)8-9-21-14-10-13(3)11-22(21,18(26)7-6-17(21)25)20-16(24)5-4-15(23)19(14)20/h4-10,14,23-24H,1,11H2,2-3H3. The number of hydrogen-bond donors (Lipinski definition) is 2. The van der Waals surface area contributed by atoms with E-state index in [1.54, 1.807) is 12.2 Å². The number of fused-ring (bicyclic) bond motifs is 2. The van der Waals surface area contributed by atoms with Crippen molar-refractivity contribution in [3.8, 4) is 11.5 Å². The molecule has 2 N–H and O–H groups in total. The zero-order valence-corrected chi connectivity index (χ0v) is 14.7. The van der Waals surface area contributed by atoms with E-state index in [9.17, 15) is 19.8 Å². The van der Waals surface area contributed by atoms with Crippen molar-refractivity contribution >= 4 is 11.6 Å². The van der Waals surface area contributed by atoms with Gasteiger partial charge < -0.3 is 10.2 Å². The molecule has 1 aromatic rings. The average molecular weight is 348 g/mol. The lowest BCUT2D eigenvalue weighted by atomic mass is 9.50. The first-order valence-corrected chi connectivity index (χ1v) is 8.60. The monoisotopic (exact) mass is 348 g/mol. The van der Waals surface area contributed by atoms with E-state index in [0.29, 0.717) is 17.5 Å². The number of hydrogen-bond acceptors (Lipinski definition) is 4. The Bertz CT molecular complexity index is 978. The molecule has 4 rings (SSSR count). The van der Waals surface area contributed by atoms with E-state index in [2.05, 4.69) is 6.58 Å². The molecule has 0 saturated carbocycles. The van der Waals surface area contributed by atoms with Crippen molar-refractivity contribution in [3.05, 3.63) is 71.4 Å². The van der Waals surface area contributed by atoms with E-state index in [1.807, 2.05) is 19.9 Å². The fourth-order valence-electron chi connectivity index (χ4n) is 5.08. The van der Waals surface area contributed by atoms with Gasteiger partial charge in [-0.15, -0.1) is 0 Å². The highest BCUT2D eigenvalue weighted by Crippen LogP contribution is 2.70. The fourth-order valence-corrected chi connectivity index (χ4v) is 5.08. The maximum Gasteiger partial charge on any atom is 0.168 e. The molecule has 0 radical (unpaired) electrons. The molecule has 0 saturated heterocycles. The van der Waals surface area contributed by atoms with Crippen LogP contribution in [0.5, 0.6) is 11.5 Å². The van der Waals surface area contributed by atoms with Crippen molar-refractivity contribution in [2.24, 2.45) is 5.41 Å². The van der Waals surface area contributed by atoms with Gasteiger partial charge in [-0.05, 0) is 44.6 Å². The molecule has 4 nitrogen and oxygen atoms in total. The maximum atomic E-state index is 13.3. The molecule has 0 spiro atoms. The summed E-state index contributed by atoms with van der Waals surface area (Å²) in [6, 6.07) is 2.81. The summed E-state index contributed by atoms with van der Waals surface area (Å²) in [5.74, 6) is -1.01. The van der Waals surface area contributed by atoms with Gasteiger partial charge in [0.25, 0.3) is 0 Å². The van der Waals surface area contributed by atoms with Crippen molar-refractivity contribution in [2.45, 2.75) is 31.6 Å². The Morgan fingerprint density at radius 1 is 1.19 bits per heavy atom. The quantitative estimate of drug-likeness (QED) is 0.486. The maximum absolute atomic E-state index is 13.3. The number of carbonyl (C=O) groups excluding carboxylic acids is 2.